The van der Waals surface area contributed by atoms with Gasteiger partial charge in [0.15, 0.2) is 0 Å². The molecule has 22 heteroatoms. The van der Waals surface area contributed by atoms with E-state index >= 15 is 0 Å². The van der Waals surface area contributed by atoms with Gasteiger partial charge in [-0.3, -0.25) is 43.2 Å². The topological polar surface area (TPSA) is 357 Å². The highest BCUT2D eigenvalue weighted by Gasteiger charge is 2.37. The lowest BCUT2D eigenvalue weighted by Gasteiger charge is -2.30. The molecule has 0 bridgehead atoms. The van der Waals surface area contributed by atoms with Crippen molar-refractivity contribution in [3.05, 3.63) is 108 Å². The summed E-state index contributed by atoms with van der Waals surface area (Å²) in [6.07, 6.45) is 0.454. The molecule has 0 aliphatic rings. The molecule has 0 aliphatic heterocycles. The number of H-pyrrole nitrogens is 1. The molecule has 0 spiro atoms. The number of aromatic nitrogens is 1. The second-order valence-corrected chi connectivity index (χ2v) is 20.0. The van der Waals surface area contributed by atoms with Crippen molar-refractivity contribution in [3.63, 3.8) is 0 Å². The first-order chi connectivity index (χ1) is 37.0. The van der Waals surface area contributed by atoms with E-state index in [1.165, 1.54) is 0 Å². The number of rotatable bonds is 32. The van der Waals surface area contributed by atoms with Crippen molar-refractivity contribution < 1.29 is 63.3 Å². The first kappa shape index (κ1) is 62.4. The maximum absolute atomic E-state index is 14.5. The number of hydrogen-bond donors (Lipinski definition) is 12. The second kappa shape index (κ2) is 30.6. The Labute approximate surface area is 453 Å². The average Bonchev–Trinajstić information content (AvgIpc) is 3.82. The zero-order valence-electron chi connectivity index (χ0n) is 44.9. The average molecular weight is 1080 g/mol. The Morgan fingerprint density at radius 2 is 0.885 bits per heavy atom. The summed E-state index contributed by atoms with van der Waals surface area (Å²) in [5, 5.41) is 48.3. The Hall–Kier alpha value is -8.14. The largest absolute Gasteiger partial charge is 0.481 e. The number of carbonyl (C=O) groups excluding carboxylic acids is 7. The summed E-state index contributed by atoms with van der Waals surface area (Å²) in [6, 6.07) is 13.5. The number of amides is 7. The van der Waals surface area contributed by atoms with Gasteiger partial charge >= 0.3 is 17.9 Å². The Bertz CT molecular complexity index is 2700. The van der Waals surface area contributed by atoms with Crippen LogP contribution in [-0.2, 0) is 67.2 Å². The smallest absolute Gasteiger partial charge is 0.326 e. The molecular weight excluding hydrogens is 1010 g/mol. The Balaban J connectivity index is 1.60. The molecule has 22 nitrogen and oxygen atoms in total. The monoisotopic (exact) mass is 1080 g/mol. The molecule has 7 amide bonds. The molecule has 0 fully saturated rings. The third-order valence-electron chi connectivity index (χ3n) is 13.7. The van der Waals surface area contributed by atoms with Crippen molar-refractivity contribution in [2.24, 2.45) is 23.5 Å². The van der Waals surface area contributed by atoms with E-state index in [-0.39, 0.29) is 32.1 Å². The number of carboxylic acid groups (broad SMARTS) is 3. The minimum atomic E-state index is -1.60. The Morgan fingerprint density at radius 3 is 1.37 bits per heavy atom. The summed E-state index contributed by atoms with van der Waals surface area (Å²) in [5.74, 6) is -11.3. The van der Waals surface area contributed by atoms with Crippen LogP contribution < -0.4 is 43.0 Å². The van der Waals surface area contributed by atoms with E-state index in [2.05, 4.69) is 42.2 Å². The van der Waals surface area contributed by atoms with Crippen molar-refractivity contribution in [3.8, 4) is 0 Å². The SMILES string of the molecule is CC[C@H](C)[C@H](NC(=O)[C@@H](NC(=O)[C@H](CCC(=O)O)NC(=O)[C@H](Cc1ccccc1)NC(=O)[C@H](Cc1ccccc1)NC(=O)[C@@H](NC(=O)[C@@H](N)CCC(=O)O)[C@@H](C)CC)C(C)C)C(=O)N[C@@H](Cc1c[nH]c2ccccc12)C(=O)O. The van der Waals surface area contributed by atoms with Crippen LogP contribution in [0.15, 0.2) is 91.1 Å². The van der Waals surface area contributed by atoms with Crippen LogP contribution in [-0.4, -0.2) is 128 Å². The number of nitrogens with one attached hydrogen (secondary N) is 8. The molecular formula is C56H75N9O13. The van der Waals surface area contributed by atoms with Gasteiger partial charge in [0, 0.05) is 49.2 Å². The van der Waals surface area contributed by atoms with Crippen LogP contribution in [0.4, 0.5) is 0 Å². The highest BCUT2D eigenvalue weighted by atomic mass is 16.4. The molecule has 78 heavy (non-hydrogen) atoms. The maximum Gasteiger partial charge on any atom is 0.326 e. The highest BCUT2D eigenvalue weighted by molar-refractivity contribution is 5.98. The van der Waals surface area contributed by atoms with Gasteiger partial charge in [-0.15, -0.1) is 0 Å². The Kier molecular flexibility index (Phi) is 24.4. The molecule has 1 heterocycles. The van der Waals surface area contributed by atoms with Gasteiger partial charge in [0.2, 0.25) is 41.4 Å². The number of nitrogens with two attached hydrogens (primary N) is 1. The summed E-state index contributed by atoms with van der Waals surface area (Å²) < 4.78 is 0. The van der Waals surface area contributed by atoms with Gasteiger partial charge in [-0.1, -0.05) is 133 Å². The number of fused-ring (bicyclic) bond motifs is 1. The number of benzene rings is 3. The molecule has 1 aromatic heterocycles. The van der Waals surface area contributed by atoms with Crippen molar-refractivity contribution >= 4 is 70.2 Å². The van der Waals surface area contributed by atoms with Crippen molar-refractivity contribution in [1.82, 2.24) is 42.2 Å². The van der Waals surface area contributed by atoms with Gasteiger partial charge in [0.1, 0.15) is 42.3 Å². The molecule has 0 saturated heterocycles. The van der Waals surface area contributed by atoms with E-state index in [9.17, 15) is 58.2 Å². The van der Waals surface area contributed by atoms with E-state index in [1.807, 2.05) is 18.2 Å². The van der Waals surface area contributed by atoms with Crippen LogP contribution in [0.3, 0.4) is 0 Å². The summed E-state index contributed by atoms with van der Waals surface area (Å²) in [6.45, 7) is 10.2. The van der Waals surface area contributed by atoms with Crippen LogP contribution in [0.25, 0.3) is 10.9 Å². The zero-order valence-corrected chi connectivity index (χ0v) is 44.9. The summed E-state index contributed by atoms with van der Waals surface area (Å²) in [7, 11) is 0. The highest BCUT2D eigenvalue weighted by Crippen LogP contribution is 2.20. The molecule has 10 atom stereocenters. The first-order valence-electron chi connectivity index (χ1n) is 26.2. The molecule has 3 aromatic carbocycles. The lowest BCUT2D eigenvalue weighted by Crippen LogP contribution is -2.62. The molecule has 0 unspecified atom stereocenters. The van der Waals surface area contributed by atoms with Crippen LogP contribution >= 0.6 is 0 Å². The van der Waals surface area contributed by atoms with Gasteiger partial charge in [0.25, 0.3) is 0 Å². The van der Waals surface area contributed by atoms with Crippen LogP contribution in [0.5, 0.6) is 0 Å². The van der Waals surface area contributed by atoms with Crippen molar-refractivity contribution in [2.75, 3.05) is 0 Å². The molecule has 422 valence electrons. The van der Waals surface area contributed by atoms with E-state index in [4.69, 9.17) is 10.8 Å². The third kappa shape index (κ3) is 19.2. The fourth-order valence-corrected chi connectivity index (χ4v) is 8.55. The number of hydrogen-bond acceptors (Lipinski definition) is 11. The van der Waals surface area contributed by atoms with Gasteiger partial charge in [-0.25, -0.2) is 4.79 Å². The molecule has 13 N–H and O–H groups in total. The lowest BCUT2D eigenvalue weighted by molar-refractivity contribution is -0.143. The first-order valence-corrected chi connectivity index (χ1v) is 26.2. The minimum absolute atomic E-state index is 0.0728. The van der Waals surface area contributed by atoms with E-state index in [0.717, 1.165) is 10.9 Å². The number of aromatic amines is 1. The fourth-order valence-electron chi connectivity index (χ4n) is 8.55. The lowest BCUT2D eigenvalue weighted by atomic mass is 9.95. The Morgan fingerprint density at radius 1 is 0.474 bits per heavy atom. The zero-order chi connectivity index (χ0) is 57.6. The molecule has 4 rings (SSSR count). The number of aliphatic carboxylic acids is 3. The van der Waals surface area contributed by atoms with E-state index < -0.39 is 138 Å². The van der Waals surface area contributed by atoms with Gasteiger partial charge < -0.3 is 63.3 Å². The second-order valence-electron chi connectivity index (χ2n) is 20.0. The van der Waals surface area contributed by atoms with Crippen molar-refractivity contribution in [2.45, 2.75) is 148 Å². The summed E-state index contributed by atoms with van der Waals surface area (Å²) in [5.41, 5.74) is 8.57. The fraction of sp³-hybridized carbons (Fsp3) is 0.464. The van der Waals surface area contributed by atoms with E-state index in [1.54, 1.807) is 114 Å². The standard InChI is InChI=1S/C56H75N9O13/c1-7-32(5)47(64-49(70)38(57)23-25-44(66)67)54(75)61-42(28-35-19-13-10-14-20-35)52(73)60-41(27-34-17-11-9-12-18-34)51(72)59-40(24-26-45(68)69)50(71)63-46(31(3)4)53(74)65-48(33(6)8-2)55(76)62-43(56(77)78)29-36-30-58-39-22-16-15-21-37(36)39/h9-22,30-33,38,40-43,46-48,58H,7-8,23-29,57H2,1-6H3,(H,59,72)(H,60,73)(H,61,75)(H,62,76)(H,63,71)(H,64,70)(H,65,74)(H,66,67)(H,68,69)(H,77,78)/t32-,33-,38-,40-,41-,42-,43-,46-,47-,48-/m0/s1. The maximum atomic E-state index is 14.5. The normalized spacial score (nSPS) is 15.1. The van der Waals surface area contributed by atoms with Crippen LogP contribution in [0, 0.1) is 17.8 Å². The van der Waals surface area contributed by atoms with Gasteiger partial charge in [-0.05, 0) is 53.4 Å². The molecule has 0 saturated carbocycles. The molecule has 4 aromatic rings. The number of carbonyl (C=O) groups is 10. The minimum Gasteiger partial charge on any atom is -0.481 e. The quantitative estimate of drug-likeness (QED) is 0.0335. The predicted octanol–water partition coefficient (Wildman–Crippen LogP) is 2.48. The number of para-hydroxylation sites is 1. The summed E-state index contributed by atoms with van der Waals surface area (Å²) >= 11 is 0. The molecule has 0 radical (unpaired) electrons. The number of carboxylic acids is 3. The van der Waals surface area contributed by atoms with Gasteiger partial charge in [-0.2, -0.15) is 0 Å². The van der Waals surface area contributed by atoms with E-state index in [0.29, 0.717) is 29.5 Å². The van der Waals surface area contributed by atoms with Gasteiger partial charge in [0.05, 0.1) is 6.04 Å². The summed E-state index contributed by atoms with van der Waals surface area (Å²) in [4.78, 5) is 137. The van der Waals surface area contributed by atoms with Crippen LogP contribution in [0.1, 0.15) is 96.8 Å². The molecule has 0 aliphatic carbocycles. The predicted molar refractivity (Wildman–Crippen MR) is 289 cm³/mol. The third-order valence-corrected chi connectivity index (χ3v) is 13.7. The van der Waals surface area contributed by atoms with Crippen LogP contribution in [0.2, 0.25) is 0 Å². The van der Waals surface area contributed by atoms with Crippen molar-refractivity contribution in [1.29, 1.82) is 0 Å².